The lowest BCUT2D eigenvalue weighted by Gasteiger charge is -2.05. The van der Waals surface area contributed by atoms with E-state index in [-0.39, 0.29) is 5.69 Å². The van der Waals surface area contributed by atoms with Gasteiger partial charge in [-0.3, -0.25) is 4.98 Å². The quantitative estimate of drug-likeness (QED) is 0.756. The van der Waals surface area contributed by atoms with E-state index < -0.39 is 6.43 Å². The van der Waals surface area contributed by atoms with Gasteiger partial charge >= 0.3 is 0 Å². The van der Waals surface area contributed by atoms with Crippen LogP contribution in [0.25, 0.3) is 11.1 Å². The van der Waals surface area contributed by atoms with Crippen LogP contribution in [0.5, 0.6) is 0 Å². The maximum absolute atomic E-state index is 12.5. The van der Waals surface area contributed by atoms with Gasteiger partial charge in [-0.15, -0.1) is 0 Å². The Morgan fingerprint density at radius 3 is 2.35 bits per heavy atom. The normalized spacial score (nSPS) is 10.8. The third-order valence-corrected chi connectivity index (χ3v) is 3.09. The minimum Gasteiger partial charge on any atom is -0.255 e. The SMILES string of the molecule is FC(F)c1cc(-c2ccc(CBr)cc2)ccn1. The molecule has 0 radical (unpaired) electrons. The molecule has 1 aromatic carbocycles. The molecule has 2 aromatic rings. The molecular formula is C13H10BrF2N. The molecule has 0 aliphatic carbocycles. The number of alkyl halides is 3. The van der Waals surface area contributed by atoms with Gasteiger partial charge in [-0.1, -0.05) is 40.2 Å². The van der Waals surface area contributed by atoms with Crippen molar-refractivity contribution < 1.29 is 8.78 Å². The van der Waals surface area contributed by atoms with Crippen LogP contribution in [-0.4, -0.2) is 4.98 Å². The van der Waals surface area contributed by atoms with Crippen molar-refractivity contribution in [2.24, 2.45) is 0 Å². The van der Waals surface area contributed by atoms with E-state index in [9.17, 15) is 8.78 Å². The molecule has 0 saturated heterocycles. The Kier molecular flexibility index (Phi) is 3.84. The summed E-state index contributed by atoms with van der Waals surface area (Å²) in [6, 6.07) is 10.9. The van der Waals surface area contributed by atoms with Crippen LogP contribution in [0.3, 0.4) is 0 Å². The summed E-state index contributed by atoms with van der Waals surface area (Å²) in [6.07, 6.45) is -1.12. The predicted octanol–water partition coefficient (Wildman–Crippen LogP) is 4.58. The summed E-state index contributed by atoms with van der Waals surface area (Å²) in [5.41, 5.74) is 2.64. The second-order valence-electron chi connectivity index (χ2n) is 3.60. The summed E-state index contributed by atoms with van der Waals surface area (Å²) in [4.78, 5) is 3.64. The molecule has 1 nitrogen and oxygen atoms in total. The van der Waals surface area contributed by atoms with Gasteiger partial charge in [-0.2, -0.15) is 0 Å². The van der Waals surface area contributed by atoms with Crippen molar-refractivity contribution in [3.05, 3.63) is 53.9 Å². The number of aromatic nitrogens is 1. The predicted molar refractivity (Wildman–Crippen MR) is 67.3 cm³/mol. The highest BCUT2D eigenvalue weighted by molar-refractivity contribution is 9.08. The zero-order chi connectivity index (χ0) is 12.3. The van der Waals surface area contributed by atoms with Crippen molar-refractivity contribution >= 4 is 15.9 Å². The first-order valence-corrected chi connectivity index (χ1v) is 6.22. The van der Waals surface area contributed by atoms with E-state index >= 15 is 0 Å². The van der Waals surface area contributed by atoms with E-state index in [2.05, 4.69) is 20.9 Å². The molecule has 0 aliphatic rings. The first-order valence-electron chi connectivity index (χ1n) is 5.10. The molecule has 0 N–H and O–H groups in total. The molecule has 0 amide bonds. The maximum atomic E-state index is 12.5. The van der Waals surface area contributed by atoms with E-state index in [1.807, 2.05) is 24.3 Å². The fourth-order valence-electron chi connectivity index (χ4n) is 1.53. The van der Waals surface area contributed by atoms with Gasteiger partial charge in [0, 0.05) is 11.5 Å². The molecule has 2 rings (SSSR count). The fraction of sp³-hybridized carbons (Fsp3) is 0.154. The molecule has 1 heterocycles. The van der Waals surface area contributed by atoms with E-state index in [0.717, 1.165) is 22.0 Å². The molecule has 88 valence electrons. The Balaban J connectivity index is 2.35. The molecule has 1 aromatic heterocycles. The zero-order valence-electron chi connectivity index (χ0n) is 8.91. The second kappa shape index (κ2) is 5.36. The van der Waals surface area contributed by atoms with E-state index in [1.54, 1.807) is 6.07 Å². The van der Waals surface area contributed by atoms with Crippen LogP contribution in [0.2, 0.25) is 0 Å². The number of halogens is 3. The van der Waals surface area contributed by atoms with Crippen LogP contribution < -0.4 is 0 Å². The summed E-state index contributed by atoms with van der Waals surface area (Å²) in [5, 5.41) is 0.784. The highest BCUT2D eigenvalue weighted by Gasteiger charge is 2.09. The maximum Gasteiger partial charge on any atom is 0.280 e. The highest BCUT2D eigenvalue weighted by atomic mass is 79.9. The smallest absolute Gasteiger partial charge is 0.255 e. The Bertz CT molecular complexity index is 497. The van der Waals surface area contributed by atoms with Gasteiger partial charge in [-0.05, 0) is 28.8 Å². The third-order valence-electron chi connectivity index (χ3n) is 2.45. The molecule has 0 saturated carbocycles. The lowest BCUT2D eigenvalue weighted by atomic mass is 10.0. The Labute approximate surface area is 107 Å². The first kappa shape index (κ1) is 12.2. The van der Waals surface area contributed by atoms with Crippen molar-refractivity contribution in [3.63, 3.8) is 0 Å². The molecule has 17 heavy (non-hydrogen) atoms. The summed E-state index contributed by atoms with van der Waals surface area (Å²) >= 11 is 3.36. The van der Waals surface area contributed by atoms with Gasteiger partial charge in [0.1, 0.15) is 5.69 Å². The van der Waals surface area contributed by atoms with Crippen molar-refractivity contribution in [2.45, 2.75) is 11.8 Å². The van der Waals surface area contributed by atoms with Crippen LogP contribution in [0.1, 0.15) is 17.7 Å². The molecule has 0 aliphatic heterocycles. The molecule has 0 unspecified atom stereocenters. The molecule has 0 bridgehead atoms. The monoisotopic (exact) mass is 297 g/mol. The van der Waals surface area contributed by atoms with E-state index in [0.29, 0.717) is 0 Å². The zero-order valence-corrected chi connectivity index (χ0v) is 10.5. The standard InChI is InChI=1S/C13H10BrF2N/c14-8-9-1-3-10(4-2-9)11-5-6-17-12(7-11)13(15)16/h1-7,13H,8H2. The Hall–Kier alpha value is -1.29. The van der Waals surface area contributed by atoms with Crippen LogP contribution in [0.4, 0.5) is 8.78 Å². The molecule has 0 spiro atoms. The first-order chi connectivity index (χ1) is 8.20. The van der Waals surface area contributed by atoms with E-state index in [4.69, 9.17) is 0 Å². The second-order valence-corrected chi connectivity index (χ2v) is 4.16. The van der Waals surface area contributed by atoms with Crippen LogP contribution >= 0.6 is 15.9 Å². The van der Waals surface area contributed by atoms with Gasteiger partial charge in [0.25, 0.3) is 6.43 Å². The molecule has 4 heteroatoms. The summed E-state index contributed by atoms with van der Waals surface area (Å²) < 4.78 is 25.0. The van der Waals surface area contributed by atoms with Crippen molar-refractivity contribution in [1.82, 2.24) is 4.98 Å². The van der Waals surface area contributed by atoms with Gasteiger partial charge < -0.3 is 0 Å². The van der Waals surface area contributed by atoms with Crippen molar-refractivity contribution in [3.8, 4) is 11.1 Å². The topological polar surface area (TPSA) is 12.9 Å². The Morgan fingerprint density at radius 2 is 1.76 bits per heavy atom. The molecule has 0 atom stereocenters. The van der Waals surface area contributed by atoms with Gasteiger partial charge in [0.15, 0.2) is 0 Å². The lowest BCUT2D eigenvalue weighted by molar-refractivity contribution is 0.146. The summed E-state index contributed by atoms with van der Waals surface area (Å²) in [5.74, 6) is 0. The average Bonchev–Trinajstić information content (AvgIpc) is 2.39. The number of rotatable bonds is 3. The minimum absolute atomic E-state index is 0.188. The number of hydrogen-bond acceptors (Lipinski definition) is 1. The summed E-state index contributed by atoms with van der Waals surface area (Å²) in [7, 11) is 0. The fourth-order valence-corrected chi connectivity index (χ4v) is 1.91. The third kappa shape index (κ3) is 2.88. The summed E-state index contributed by atoms with van der Waals surface area (Å²) in [6.45, 7) is 0. The minimum atomic E-state index is -2.53. The van der Waals surface area contributed by atoms with Gasteiger partial charge in [-0.25, -0.2) is 8.78 Å². The van der Waals surface area contributed by atoms with Crippen LogP contribution in [0, 0.1) is 0 Å². The van der Waals surface area contributed by atoms with Crippen molar-refractivity contribution in [1.29, 1.82) is 0 Å². The Morgan fingerprint density at radius 1 is 1.06 bits per heavy atom. The lowest BCUT2D eigenvalue weighted by Crippen LogP contribution is -1.90. The molecular weight excluding hydrogens is 288 g/mol. The van der Waals surface area contributed by atoms with E-state index in [1.165, 1.54) is 12.3 Å². The number of benzene rings is 1. The van der Waals surface area contributed by atoms with Gasteiger partial charge in [0.2, 0.25) is 0 Å². The van der Waals surface area contributed by atoms with Crippen LogP contribution in [-0.2, 0) is 5.33 Å². The largest absolute Gasteiger partial charge is 0.280 e. The van der Waals surface area contributed by atoms with Crippen molar-refractivity contribution in [2.75, 3.05) is 0 Å². The highest BCUT2D eigenvalue weighted by Crippen LogP contribution is 2.24. The van der Waals surface area contributed by atoms with Gasteiger partial charge in [0.05, 0.1) is 0 Å². The van der Waals surface area contributed by atoms with Crippen LogP contribution in [0.15, 0.2) is 42.6 Å². The number of hydrogen-bond donors (Lipinski definition) is 0. The number of nitrogens with zero attached hydrogens (tertiary/aromatic N) is 1. The average molecular weight is 298 g/mol. The molecule has 0 fully saturated rings. The number of pyridine rings is 1.